The van der Waals surface area contributed by atoms with Crippen LogP contribution in [0.2, 0.25) is 0 Å². The van der Waals surface area contributed by atoms with Crippen LogP contribution in [0.15, 0.2) is 0 Å². The topological polar surface area (TPSA) is 26.3 Å². The maximum Gasteiger partial charge on any atom is 0.164 e. The summed E-state index contributed by atoms with van der Waals surface area (Å²) in [5.41, 5.74) is -0.404. The van der Waals surface area contributed by atoms with Crippen LogP contribution in [0, 0.1) is 0 Å². The minimum absolute atomic E-state index is 0.371. The van der Waals surface area contributed by atoms with Crippen molar-refractivity contribution in [3.8, 4) is 0 Å². The summed E-state index contributed by atoms with van der Waals surface area (Å²) in [5.74, 6) is 0.371. The predicted octanol–water partition coefficient (Wildman–Crippen LogP) is 4.27. The Bertz CT molecular complexity index is 211. The van der Waals surface area contributed by atoms with E-state index < -0.39 is 5.60 Å². The summed E-state index contributed by atoms with van der Waals surface area (Å²) in [6.07, 6.45) is 10.9. The molecule has 1 saturated carbocycles. The molecule has 2 heteroatoms. The fourth-order valence-electron chi connectivity index (χ4n) is 2.84. The van der Waals surface area contributed by atoms with Crippen molar-refractivity contribution in [2.45, 2.75) is 83.7 Å². The van der Waals surface area contributed by atoms with Gasteiger partial charge < -0.3 is 4.74 Å². The summed E-state index contributed by atoms with van der Waals surface area (Å²) in [5, 5.41) is 0. The molecular weight excluding hydrogens is 212 g/mol. The molecule has 100 valence electrons. The Morgan fingerprint density at radius 1 is 1.06 bits per heavy atom. The zero-order valence-corrected chi connectivity index (χ0v) is 11.6. The first-order chi connectivity index (χ1) is 8.25. The van der Waals surface area contributed by atoms with Gasteiger partial charge >= 0.3 is 0 Å². The molecule has 1 fully saturated rings. The number of hydrogen-bond acceptors (Lipinski definition) is 2. The Morgan fingerprint density at radius 3 is 2.35 bits per heavy atom. The molecule has 0 spiro atoms. The van der Waals surface area contributed by atoms with Gasteiger partial charge in [0.05, 0.1) is 0 Å². The molecule has 1 rings (SSSR count). The number of ketones is 1. The van der Waals surface area contributed by atoms with E-state index in [9.17, 15) is 4.79 Å². The van der Waals surface area contributed by atoms with E-state index in [1.165, 1.54) is 25.7 Å². The largest absolute Gasteiger partial charge is 0.368 e. The highest BCUT2D eigenvalue weighted by molar-refractivity contribution is 5.87. The third-order valence-electron chi connectivity index (χ3n) is 3.85. The molecular formula is C15H28O2. The number of ether oxygens (including phenoxy) is 1. The summed E-state index contributed by atoms with van der Waals surface area (Å²) in [4.78, 5) is 12.3. The molecule has 0 aromatic heterocycles. The van der Waals surface area contributed by atoms with Crippen molar-refractivity contribution < 1.29 is 9.53 Å². The van der Waals surface area contributed by atoms with E-state index in [2.05, 4.69) is 6.92 Å². The van der Waals surface area contributed by atoms with Crippen molar-refractivity contribution in [3.63, 3.8) is 0 Å². The van der Waals surface area contributed by atoms with E-state index >= 15 is 0 Å². The van der Waals surface area contributed by atoms with Crippen molar-refractivity contribution in [1.29, 1.82) is 0 Å². The monoisotopic (exact) mass is 240 g/mol. The lowest BCUT2D eigenvalue weighted by Crippen LogP contribution is -2.43. The predicted molar refractivity (Wildman–Crippen MR) is 71.2 cm³/mol. The Kier molecular flexibility index (Phi) is 6.79. The van der Waals surface area contributed by atoms with Gasteiger partial charge in [-0.2, -0.15) is 0 Å². The summed E-state index contributed by atoms with van der Waals surface area (Å²) in [6, 6.07) is 0. The molecule has 0 atom stereocenters. The van der Waals surface area contributed by atoms with Gasteiger partial charge in [0, 0.05) is 13.0 Å². The van der Waals surface area contributed by atoms with Crippen LogP contribution in [0.3, 0.4) is 0 Å². The van der Waals surface area contributed by atoms with Crippen LogP contribution < -0.4 is 0 Å². The van der Waals surface area contributed by atoms with Crippen molar-refractivity contribution in [1.82, 2.24) is 0 Å². The first-order valence-electron chi connectivity index (χ1n) is 7.42. The molecule has 17 heavy (non-hydrogen) atoms. The zero-order valence-electron chi connectivity index (χ0n) is 11.6. The first kappa shape index (κ1) is 14.7. The van der Waals surface area contributed by atoms with Gasteiger partial charge in [-0.25, -0.2) is 0 Å². The van der Waals surface area contributed by atoms with E-state index in [-0.39, 0.29) is 0 Å². The highest BCUT2D eigenvalue weighted by Crippen LogP contribution is 2.33. The number of hydrogen-bond donors (Lipinski definition) is 0. The molecule has 0 aromatic carbocycles. The smallest absolute Gasteiger partial charge is 0.164 e. The molecule has 0 aliphatic heterocycles. The van der Waals surface area contributed by atoms with Gasteiger partial charge in [-0.3, -0.25) is 4.79 Å². The van der Waals surface area contributed by atoms with Crippen molar-refractivity contribution in [2.75, 3.05) is 6.61 Å². The second-order valence-corrected chi connectivity index (χ2v) is 5.22. The highest BCUT2D eigenvalue weighted by Gasteiger charge is 2.39. The maximum atomic E-state index is 12.3. The summed E-state index contributed by atoms with van der Waals surface area (Å²) >= 11 is 0. The average Bonchev–Trinajstić information content (AvgIpc) is 2.36. The molecule has 0 bridgehead atoms. The Labute approximate surface area is 106 Å². The van der Waals surface area contributed by atoms with Gasteiger partial charge in [-0.1, -0.05) is 45.4 Å². The van der Waals surface area contributed by atoms with Crippen LogP contribution in [0.4, 0.5) is 0 Å². The van der Waals surface area contributed by atoms with Crippen LogP contribution in [0.1, 0.15) is 78.1 Å². The second-order valence-electron chi connectivity index (χ2n) is 5.22. The van der Waals surface area contributed by atoms with E-state index in [0.717, 1.165) is 38.5 Å². The summed E-state index contributed by atoms with van der Waals surface area (Å²) < 4.78 is 5.84. The Morgan fingerprint density at radius 2 is 1.76 bits per heavy atom. The zero-order chi connectivity index (χ0) is 12.6. The summed E-state index contributed by atoms with van der Waals surface area (Å²) in [6.45, 7) is 4.87. The first-order valence-corrected chi connectivity index (χ1v) is 7.42. The highest BCUT2D eigenvalue weighted by atomic mass is 16.5. The average molecular weight is 240 g/mol. The minimum Gasteiger partial charge on any atom is -0.368 e. The van der Waals surface area contributed by atoms with E-state index in [0.29, 0.717) is 12.4 Å². The van der Waals surface area contributed by atoms with Crippen LogP contribution in [-0.4, -0.2) is 18.0 Å². The molecule has 0 radical (unpaired) electrons. The van der Waals surface area contributed by atoms with E-state index in [1.807, 2.05) is 6.92 Å². The molecule has 0 saturated heterocycles. The molecule has 1 aliphatic carbocycles. The van der Waals surface area contributed by atoms with E-state index in [1.54, 1.807) is 0 Å². The molecule has 0 heterocycles. The third kappa shape index (κ3) is 4.42. The minimum atomic E-state index is -0.404. The quantitative estimate of drug-likeness (QED) is 0.592. The van der Waals surface area contributed by atoms with Crippen molar-refractivity contribution in [3.05, 3.63) is 0 Å². The lowest BCUT2D eigenvalue weighted by Gasteiger charge is -2.35. The molecule has 0 unspecified atom stereocenters. The third-order valence-corrected chi connectivity index (χ3v) is 3.85. The Balaban J connectivity index is 2.42. The normalized spacial score (nSPS) is 19.2. The van der Waals surface area contributed by atoms with Gasteiger partial charge in [-0.15, -0.1) is 0 Å². The van der Waals surface area contributed by atoms with Crippen LogP contribution in [-0.2, 0) is 9.53 Å². The second kappa shape index (κ2) is 7.86. The van der Waals surface area contributed by atoms with Crippen LogP contribution in [0.25, 0.3) is 0 Å². The number of unbranched alkanes of at least 4 members (excludes halogenated alkanes) is 3. The molecule has 2 nitrogen and oxygen atoms in total. The lowest BCUT2D eigenvalue weighted by molar-refractivity contribution is -0.149. The standard InChI is InChI=1S/C15H28O2/c1-3-5-6-8-11-14(16)15(17-4-2)12-9-7-10-13-15/h3-13H2,1-2H3. The lowest BCUT2D eigenvalue weighted by atomic mass is 9.80. The van der Waals surface area contributed by atoms with Crippen LogP contribution in [0.5, 0.6) is 0 Å². The molecule has 0 N–H and O–H groups in total. The van der Waals surface area contributed by atoms with Gasteiger partial charge in [0.15, 0.2) is 5.78 Å². The molecule has 0 aromatic rings. The number of carbonyl (C=O) groups is 1. The Hall–Kier alpha value is -0.370. The fourth-order valence-corrected chi connectivity index (χ4v) is 2.84. The fraction of sp³-hybridized carbons (Fsp3) is 0.933. The van der Waals surface area contributed by atoms with Gasteiger partial charge in [0.25, 0.3) is 0 Å². The molecule has 1 aliphatic rings. The number of rotatable bonds is 8. The van der Waals surface area contributed by atoms with Crippen molar-refractivity contribution >= 4 is 5.78 Å². The summed E-state index contributed by atoms with van der Waals surface area (Å²) in [7, 11) is 0. The number of carbonyl (C=O) groups excluding carboxylic acids is 1. The van der Waals surface area contributed by atoms with Gasteiger partial charge in [0.1, 0.15) is 5.60 Å². The van der Waals surface area contributed by atoms with E-state index in [4.69, 9.17) is 4.74 Å². The van der Waals surface area contributed by atoms with Gasteiger partial charge in [0.2, 0.25) is 0 Å². The SMILES string of the molecule is CCCCCCC(=O)C1(OCC)CCCCC1. The molecule has 0 amide bonds. The number of Topliss-reactive ketones (excluding diaryl/α,β-unsaturated/α-hetero) is 1. The maximum absolute atomic E-state index is 12.3. The van der Waals surface area contributed by atoms with Crippen LogP contribution >= 0.6 is 0 Å². The van der Waals surface area contributed by atoms with Gasteiger partial charge in [-0.05, 0) is 26.2 Å². The van der Waals surface area contributed by atoms with Crippen molar-refractivity contribution in [2.24, 2.45) is 0 Å².